The number of aryl methyl sites for hydroxylation is 3. The zero-order valence-corrected chi connectivity index (χ0v) is 12.1. The number of nitrogens with zero attached hydrogens (tertiary/aromatic N) is 2. The summed E-state index contributed by atoms with van der Waals surface area (Å²) in [6.07, 6.45) is 0.805. The van der Waals surface area contributed by atoms with Crippen LogP contribution in [0.25, 0.3) is 0 Å². The lowest BCUT2D eigenvalue weighted by Crippen LogP contribution is -2.18. The molecule has 0 atom stereocenters. The maximum absolute atomic E-state index is 12.4. The number of nitrogen functional groups attached to an aromatic ring is 1. The van der Waals surface area contributed by atoms with Crippen molar-refractivity contribution in [2.45, 2.75) is 33.7 Å². The van der Waals surface area contributed by atoms with Gasteiger partial charge in [-0.05, 0) is 44.0 Å². The molecule has 3 N–H and O–H groups in total. The van der Waals surface area contributed by atoms with Crippen molar-refractivity contribution in [3.8, 4) is 0 Å². The summed E-state index contributed by atoms with van der Waals surface area (Å²) in [6, 6.07) is 7.39. The first-order chi connectivity index (χ1) is 9.55. The third kappa shape index (κ3) is 2.82. The van der Waals surface area contributed by atoms with Gasteiger partial charge in [0.2, 0.25) is 0 Å². The van der Waals surface area contributed by atoms with Crippen molar-refractivity contribution in [3.63, 3.8) is 0 Å². The summed E-state index contributed by atoms with van der Waals surface area (Å²) in [6.45, 7) is 6.60. The van der Waals surface area contributed by atoms with Gasteiger partial charge in [-0.15, -0.1) is 0 Å². The number of rotatable bonds is 4. The number of carbonyl (C=O) groups excluding carboxylic acids is 1. The molecule has 0 fully saturated rings. The Morgan fingerprint density at radius 1 is 1.35 bits per heavy atom. The van der Waals surface area contributed by atoms with Crippen molar-refractivity contribution in [2.24, 2.45) is 0 Å². The van der Waals surface area contributed by atoms with Gasteiger partial charge in [0.05, 0.1) is 17.1 Å². The highest BCUT2D eigenvalue weighted by Crippen LogP contribution is 2.20. The fraction of sp³-hybridized carbons (Fsp3) is 0.333. The molecule has 1 aromatic heterocycles. The molecule has 0 aliphatic rings. The van der Waals surface area contributed by atoms with E-state index in [2.05, 4.69) is 10.4 Å². The van der Waals surface area contributed by atoms with E-state index in [1.54, 1.807) is 10.7 Å². The Morgan fingerprint density at radius 2 is 2.10 bits per heavy atom. The molecule has 0 saturated carbocycles. The Hall–Kier alpha value is -2.30. The molecule has 0 saturated heterocycles. The second-order valence-electron chi connectivity index (χ2n) is 4.74. The number of carbonyl (C=O) groups is 1. The van der Waals surface area contributed by atoms with E-state index in [9.17, 15) is 4.79 Å². The van der Waals surface area contributed by atoms with Crippen LogP contribution in [0.4, 0.5) is 11.4 Å². The maximum atomic E-state index is 12.4. The van der Waals surface area contributed by atoms with Gasteiger partial charge in [0.15, 0.2) is 0 Å². The molecule has 20 heavy (non-hydrogen) atoms. The first kappa shape index (κ1) is 14.1. The van der Waals surface area contributed by atoms with Crippen LogP contribution in [0.15, 0.2) is 24.3 Å². The molecular formula is C15H20N4O. The first-order valence-electron chi connectivity index (χ1n) is 6.79. The van der Waals surface area contributed by atoms with Crippen molar-refractivity contribution in [1.29, 1.82) is 0 Å². The molecule has 1 amide bonds. The smallest absolute Gasteiger partial charge is 0.273 e. The van der Waals surface area contributed by atoms with Crippen LogP contribution in [-0.4, -0.2) is 15.7 Å². The molecule has 2 rings (SSSR count). The highest BCUT2D eigenvalue weighted by atomic mass is 16.2. The highest BCUT2D eigenvalue weighted by Gasteiger charge is 2.15. The monoisotopic (exact) mass is 272 g/mol. The molecule has 0 aliphatic carbocycles. The summed E-state index contributed by atoms with van der Waals surface area (Å²) in [4.78, 5) is 12.4. The first-order valence-corrected chi connectivity index (χ1v) is 6.79. The Kier molecular flexibility index (Phi) is 4.08. The number of anilines is 2. The quantitative estimate of drug-likeness (QED) is 0.840. The van der Waals surface area contributed by atoms with E-state index >= 15 is 0 Å². The van der Waals surface area contributed by atoms with E-state index in [-0.39, 0.29) is 5.91 Å². The van der Waals surface area contributed by atoms with Gasteiger partial charge < -0.3 is 11.1 Å². The minimum Gasteiger partial charge on any atom is -0.397 e. The van der Waals surface area contributed by atoms with E-state index in [1.807, 2.05) is 39.0 Å². The zero-order chi connectivity index (χ0) is 14.7. The molecule has 0 bridgehead atoms. The molecule has 5 heteroatoms. The second kappa shape index (κ2) is 5.77. The molecule has 106 valence electrons. The minimum absolute atomic E-state index is 0.184. The van der Waals surface area contributed by atoms with Gasteiger partial charge in [0.1, 0.15) is 5.69 Å². The van der Waals surface area contributed by atoms with E-state index in [4.69, 9.17) is 5.73 Å². The molecule has 5 nitrogen and oxygen atoms in total. The van der Waals surface area contributed by atoms with Gasteiger partial charge >= 0.3 is 0 Å². The Bertz CT molecular complexity index is 631. The van der Waals surface area contributed by atoms with Crippen LogP contribution in [0.3, 0.4) is 0 Å². The summed E-state index contributed by atoms with van der Waals surface area (Å²) in [5.41, 5.74) is 9.59. The van der Waals surface area contributed by atoms with Crippen LogP contribution >= 0.6 is 0 Å². The average Bonchev–Trinajstić information content (AvgIpc) is 2.86. The van der Waals surface area contributed by atoms with Gasteiger partial charge in [-0.3, -0.25) is 9.48 Å². The van der Waals surface area contributed by atoms with Crippen LogP contribution in [0.1, 0.15) is 35.6 Å². The molecule has 0 radical (unpaired) electrons. The maximum Gasteiger partial charge on any atom is 0.273 e. The van der Waals surface area contributed by atoms with E-state index in [0.29, 0.717) is 23.6 Å². The van der Waals surface area contributed by atoms with Crippen molar-refractivity contribution >= 4 is 17.3 Å². The lowest BCUT2D eigenvalue weighted by Gasteiger charge is -2.09. The highest BCUT2D eigenvalue weighted by molar-refractivity contribution is 6.04. The molecule has 2 aromatic rings. The largest absolute Gasteiger partial charge is 0.397 e. The predicted octanol–water partition coefficient (Wildman–Crippen LogP) is 2.61. The summed E-state index contributed by atoms with van der Waals surface area (Å²) >= 11 is 0. The van der Waals surface area contributed by atoms with Gasteiger partial charge in [-0.25, -0.2) is 0 Å². The fourth-order valence-corrected chi connectivity index (χ4v) is 2.03. The molecule has 1 heterocycles. The normalized spacial score (nSPS) is 10.6. The number of aromatic nitrogens is 2. The average molecular weight is 272 g/mol. The van der Waals surface area contributed by atoms with Gasteiger partial charge in [0, 0.05) is 6.54 Å². The van der Waals surface area contributed by atoms with E-state index in [1.165, 1.54) is 0 Å². The lowest BCUT2D eigenvalue weighted by molar-refractivity contribution is 0.101. The SMILES string of the molecule is CCc1cc(C(=O)Nc2cc(C)ccc2N)n(CC)n1. The number of nitrogens with one attached hydrogen (secondary N) is 1. The Morgan fingerprint density at radius 3 is 2.75 bits per heavy atom. The van der Waals surface area contributed by atoms with E-state index < -0.39 is 0 Å². The molecule has 0 spiro atoms. The zero-order valence-electron chi connectivity index (χ0n) is 12.1. The predicted molar refractivity (Wildman–Crippen MR) is 80.8 cm³/mol. The number of amides is 1. The molecule has 0 aliphatic heterocycles. The van der Waals surface area contributed by atoms with Crippen LogP contribution in [0, 0.1) is 6.92 Å². The van der Waals surface area contributed by atoms with Crippen molar-refractivity contribution in [1.82, 2.24) is 9.78 Å². The van der Waals surface area contributed by atoms with Crippen LogP contribution in [-0.2, 0) is 13.0 Å². The van der Waals surface area contributed by atoms with Crippen LogP contribution in [0.2, 0.25) is 0 Å². The third-order valence-corrected chi connectivity index (χ3v) is 3.18. The van der Waals surface area contributed by atoms with Crippen molar-refractivity contribution in [2.75, 3.05) is 11.1 Å². The van der Waals surface area contributed by atoms with Crippen molar-refractivity contribution < 1.29 is 4.79 Å². The fourth-order valence-electron chi connectivity index (χ4n) is 2.03. The number of nitrogens with two attached hydrogens (primary N) is 1. The summed E-state index contributed by atoms with van der Waals surface area (Å²) < 4.78 is 1.71. The summed E-state index contributed by atoms with van der Waals surface area (Å²) in [5.74, 6) is -0.184. The number of benzene rings is 1. The summed E-state index contributed by atoms with van der Waals surface area (Å²) in [7, 11) is 0. The Balaban J connectivity index is 2.28. The molecule has 0 unspecified atom stereocenters. The van der Waals surface area contributed by atoms with E-state index in [0.717, 1.165) is 17.7 Å². The van der Waals surface area contributed by atoms with Gasteiger partial charge in [-0.1, -0.05) is 13.0 Å². The topological polar surface area (TPSA) is 72.9 Å². The lowest BCUT2D eigenvalue weighted by atomic mass is 10.2. The molecular weight excluding hydrogens is 252 g/mol. The second-order valence-corrected chi connectivity index (χ2v) is 4.74. The minimum atomic E-state index is -0.184. The Labute approximate surface area is 118 Å². The number of hydrogen-bond acceptors (Lipinski definition) is 3. The van der Waals surface area contributed by atoms with Crippen LogP contribution < -0.4 is 11.1 Å². The van der Waals surface area contributed by atoms with Crippen LogP contribution in [0.5, 0.6) is 0 Å². The summed E-state index contributed by atoms with van der Waals surface area (Å²) in [5, 5.41) is 7.23. The van der Waals surface area contributed by atoms with Crippen molar-refractivity contribution in [3.05, 3.63) is 41.2 Å². The van der Waals surface area contributed by atoms with Gasteiger partial charge in [0.25, 0.3) is 5.91 Å². The van der Waals surface area contributed by atoms with Gasteiger partial charge in [-0.2, -0.15) is 5.10 Å². The third-order valence-electron chi connectivity index (χ3n) is 3.18. The molecule has 1 aromatic carbocycles. The number of hydrogen-bond donors (Lipinski definition) is 2. The standard InChI is InChI=1S/C15H20N4O/c1-4-11-9-14(19(5-2)18-11)15(20)17-13-8-10(3)6-7-12(13)16/h6-9H,4-5,16H2,1-3H3,(H,17,20).